The van der Waals surface area contributed by atoms with E-state index in [-0.39, 0.29) is 133 Å². The Morgan fingerprint density at radius 2 is 0.367 bits per heavy atom. The molecular weight excluding hydrogens is 1620 g/mol. The summed E-state index contributed by atoms with van der Waals surface area (Å²) in [5, 5.41) is 86.9. The van der Waals surface area contributed by atoms with E-state index in [9.17, 15) is 71.9 Å². The van der Waals surface area contributed by atoms with Crippen molar-refractivity contribution in [3.8, 4) is 0 Å². The largest absolute Gasteiger partial charge is 0.513 e. The van der Waals surface area contributed by atoms with Crippen molar-refractivity contribution in [2.45, 2.75) is 161 Å². The standard InChI is InChI=1S/3C15H18O9.2C15H16O9/c5*1-8(16)2-4-12(19)23-9-6-21-15-10(7-22-14(9)15)24-13(20)5-3-11(17)18/h2*3,5,9-10,14-16H,1-2,4,6-7H2,(H,17,18);2,4,9-10,14-16H,1,3,5-7H2,(H,17,18);2*2-5,9-10,14-16H,1,6-7H2,(H,17,18)/b5-3-;;4-2-;4-2-,5-3+;4-2-,5-3-/t5*9-,10+,14+,15+/m00000/s1. The molecule has 20 atom stereocenters. The molecule has 0 saturated carbocycles. The zero-order valence-corrected chi connectivity index (χ0v) is 63.2. The van der Waals surface area contributed by atoms with Crippen molar-refractivity contribution in [2.75, 3.05) is 66.1 Å². The maximum absolute atomic E-state index is 11.7. The Balaban J connectivity index is 0.000000233. The van der Waals surface area contributed by atoms with Gasteiger partial charge in [0.1, 0.15) is 78.3 Å². The summed E-state index contributed by atoms with van der Waals surface area (Å²) in [6.07, 6.45) is -0.894. The topological polar surface area (TPSA) is 643 Å². The molecule has 45 nitrogen and oxygen atoms in total. The van der Waals surface area contributed by atoms with Crippen molar-refractivity contribution in [1.82, 2.24) is 0 Å². The third-order valence-corrected chi connectivity index (χ3v) is 17.0. The minimum Gasteiger partial charge on any atom is -0.513 e. The van der Waals surface area contributed by atoms with E-state index in [2.05, 4.69) is 32.9 Å². The second kappa shape index (κ2) is 47.8. The van der Waals surface area contributed by atoms with Crippen LogP contribution in [0.4, 0.5) is 0 Å². The van der Waals surface area contributed by atoms with Gasteiger partial charge >= 0.3 is 89.5 Å². The summed E-state index contributed by atoms with van der Waals surface area (Å²) < 4.78 is 106. The molecule has 0 aromatic rings. The van der Waals surface area contributed by atoms with Crippen molar-refractivity contribution in [3.05, 3.63) is 147 Å². The van der Waals surface area contributed by atoms with E-state index in [4.69, 9.17) is 146 Å². The molecule has 10 rings (SSSR count). The van der Waals surface area contributed by atoms with Crippen LogP contribution in [-0.4, -0.2) is 329 Å². The predicted molar refractivity (Wildman–Crippen MR) is 385 cm³/mol. The Labute approximate surface area is 678 Å². The smallest absolute Gasteiger partial charge is 0.331 e. The summed E-state index contributed by atoms with van der Waals surface area (Å²) in [6.45, 7) is 16.8. The fourth-order valence-corrected chi connectivity index (χ4v) is 11.9. The second-order valence-corrected chi connectivity index (χ2v) is 26.1. The number of carboxylic acids is 5. The van der Waals surface area contributed by atoms with Crippen LogP contribution in [0.15, 0.2) is 147 Å². The zero-order chi connectivity index (χ0) is 88.4. The fraction of sp³-hybridized carbons (Fsp3) is 0.480. The lowest BCUT2D eigenvalue weighted by atomic mass is 10.1. The first-order valence-corrected chi connectivity index (χ1v) is 35.8. The maximum atomic E-state index is 11.7. The number of aliphatic hydroxyl groups excluding tert-OH is 5. The van der Waals surface area contributed by atoms with Gasteiger partial charge in [-0.3, -0.25) is 19.2 Å². The van der Waals surface area contributed by atoms with E-state index >= 15 is 0 Å². The first-order valence-electron chi connectivity index (χ1n) is 35.8. The van der Waals surface area contributed by atoms with Crippen LogP contribution in [0.1, 0.15) is 38.5 Å². The highest BCUT2D eigenvalue weighted by Gasteiger charge is 2.56. The number of carboxylic acid groups (broad SMARTS) is 5. The molecule has 10 saturated heterocycles. The molecule has 120 heavy (non-hydrogen) atoms. The van der Waals surface area contributed by atoms with E-state index in [1.165, 1.54) is 0 Å². The van der Waals surface area contributed by atoms with Crippen LogP contribution in [0.25, 0.3) is 0 Å². The highest BCUT2D eigenvalue weighted by atomic mass is 16.7. The van der Waals surface area contributed by atoms with E-state index in [0.717, 1.165) is 60.8 Å². The number of allylic oxidation sites excluding steroid dienone is 5. The maximum Gasteiger partial charge on any atom is 0.331 e. The Morgan fingerprint density at radius 1 is 0.217 bits per heavy atom. The zero-order valence-electron chi connectivity index (χ0n) is 63.2. The third-order valence-electron chi connectivity index (χ3n) is 17.0. The molecular formula is C75H86O45. The molecule has 10 heterocycles. The number of fused-ring (bicyclic) bond motifs is 5. The lowest BCUT2D eigenvalue weighted by Gasteiger charge is -2.17. The molecule has 0 amide bonds. The summed E-state index contributed by atoms with van der Waals surface area (Å²) >= 11 is 0. The van der Waals surface area contributed by atoms with Gasteiger partial charge in [-0.05, 0) is 18.2 Å². The molecule has 0 unspecified atom stereocenters. The van der Waals surface area contributed by atoms with Crippen LogP contribution in [0.2, 0.25) is 0 Å². The van der Waals surface area contributed by atoms with Crippen molar-refractivity contribution in [2.24, 2.45) is 0 Å². The number of carbonyl (C=O) groups is 15. The summed E-state index contributed by atoms with van der Waals surface area (Å²) in [5.41, 5.74) is 0. The lowest BCUT2D eigenvalue weighted by Crippen LogP contribution is -2.35. The van der Waals surface area contributed by atoms with E-state index in [1.54, 1.807) is 0 Å². The number of aliphatic hydroxyl groups is 5. The average Bonchev–Trinajstić information content (AvgIpc) is 1.68. The number of carbonyl (C=O) groups excluding carboxylic acids is 10. The molecule has 0 bridgehead atoms. The first-order chi connectivity index (χ1) is 56.8. The van der Waals surface area contributed by atoms with Crippen molar-refractivity contribution < 1.29 is 218 Å². The SMILES string of the molecule is C=C(O)/C=C\C(=O)O[C@H]1CO[C@H]2[C@@H]1OC[C@H]2OC(=O)/C=C/C(=O)O.C=C(O)/C=C\C(=O)O[C@H]1CO[C@H]2[C@@H]1OC[C@H]2OC(=O)/C=C\C(=O)O.C=C(O)/C=C\C(=O)O[C@H]1CO[C@H]2[C@@H]1OC[C@H]2OC(=O)CCC(=O)O.C=C(O)CCC(=O)O[C@H]1CO[C@H]2[C@@H]1OC[C@H]2OC(=O)/C=C\C(=O)O.C=C(O)CCC(=O)O[C@H]1CO[C@H]2[C@@H]1OC[C@H]2OC(=O)C=CC(=O)O. The van der Waals surface area contributed by atoms with Gasteiger partial charge < -0.3 is 146 Å². The minimum absolute atomic E-state index is 0.0123. The summed E-state index contributed by atoms with van der Waals surface area (Å²) in [4.78, 5) is 167. The van der Waals surface area contributed by atoms with Crippen LogP contribution in [-0.2, 0) is 167 Å². The molecule has 0 aliphatic carbocycles. The molecule has 0 radical (unpaired) electrons. The minimum atomic E-state index is -1.27. The predicted octanol–water partition coefficient (Wildman–Crippen LogP) is 0.0535. The van der Waals surface area contributed by atoms with Crippen molar-refractivity contribution in [1.29, 1.82) is 0 Å². The Kier molecular flexibility index (Phi) is 38.4. The lowest BCUT2D eigenvalue weighted by molar-refractivity contribution is -0.156. The molecule has 656 valence electrons. The van der Waals surface area contributed by atoms with E-state index < -0.39 is 212 Å². The number of hydrogen-bond acceptors (Lipinski definition) is 40. The molecule has 10 fully saturated rings. The highest BCUT2D eigenvalue weighted by Crippen LogP contribution is 2.36. The summed E-state index contributed by atoms with van der Waals surface area (Å²) in [5.74, 6) is -14.3. The van der Waals surface area contributed by atoms with Crippen LogP contribution in [0.3, 0.4) is 0 Å². The van der Waals surface area contributed by atoms with Gasteiger partial charge in [0.2, 0.25) is 0 Å². The number of ether oxygens (including phenoxy) is 20. The normalized spacial score (nSPS) is 28.6. The number of aliphatic carboxylic acids is 5. The van der Waals surface area contributed by atoms with Crippen LogP contribution < -0.4 is 0 Å². The fourth-order valence-electron chi connectivity index (χ4n) is 11.9. The average molecular weight is 1710 g/mol. The van der Waals surface area contributed by atoms with Gasteiger partial charge in [-0.2, -0.15) is 0 Å². The highest BCUT2D eigenvalue weighted by molar-refractivity contribution is 5.93. The van der Waals surface area contributed by atoms with Gasteiger partial charge in [-0.25, -0.2) is 52.7 Å². The summed E-state index contributed by atoms with van der Waals surface area (Å²) in [6, 6.07) is 0. The molecule has 10 N–H and O–H groups in total. The molecule has 0 aromatic heterocycles. The van der Waals surface area contributed by atoms with Crippen molar-refractivity contribution in [3.63, 3.8) is 0 Å². The Morgan fingerprint density at radius 3 is 0.508 bits per heavy atom. The van der Waals surface area contributed by atoms with Gasteiger partial charge in [0.15, 0.2) is 61.0 Å². The second-order valence-electron chi connectivity index (χ2n) is 26.1. The molecule has 10 aliphatic rings. The number of rotatable bonds is 33. The number of hydrogen-bond donors (Lipinski definition) is 10. The summed E-state index contributed by atoms with van der Waals surface area (Å²) in [7, 11) is 0. The van der Waals surface area contributed by atoms with E-state index in [0.29, 0.717) is 24.3 Å². The molecule has 0 aromatic carbocycles. The molecule has 45 heteroatoms. The van der Waals surface area contributed by atoms with Crippen LogP contribution in [0, 0.1) is 0 Å². The first kappa shape index (κ1) is 96.4. The van der Waals surface area contributed by atoms with Gasteiger partial charge in [-0.1, -0.05) is 32.9 Å². The van der Waals surface area contributed by atoms with Gasteiger partial charge in [0.25, 0.3) is 0 Å². The number of esters is 10. The van der Waals surface area contributed by atoms with Gasteiger partial charge in [-0.15, -0.1) is 0 Å². The third kappa shape index (κ3) is 32.8. The monoisotopic (exact) mass is 1710 g/mol. The Bertz CT molecular complexity index is 3570. The van der Waals surface area contributed by atoms with Gasteiger partial charge in [0.05, 0.1) is 103 Å². The van der Waals surface area contributed by atoms with Crippen LogP contribution >= 0.6 is 0 Å². The van der Waals surface area contributed by atoms with E-state index in [1.807, 2.05) is 0 Å². The Hall–Kier alpha value is -12.5. The molecule has 10 aliphatic heterocycles. The molecule has 0 spiro atoms. The van der Waals surface area contributed by atoms with Crippen molar-refractivity contribution >= 4 is 89.5 Å². The van der Waals surface area contributed by atoms with Gasteiger partial charge in [0, 0.05) is 79.7 Å². The van der Waals surface area contributed by atoms with Crippen LogP contribution in [0.5, 0.6) is 0 Å². The quantitative estimate of drug-likeness (QED) is 0.0136.